The van der Waals surface area contributed by atoms with Crippen LogP contribution in [0.3, 0.4) is 0 Å². The molecule has 0 spiro atoms. The smallest absolute Gasteiger partial charge is 0.292 e. The van der Waals surface area contributed by atoms with Crippen LogP contribution in [0, 0.1) is 10.1 Å². The number of hydrogen-bond acceptors (Lipinski definition) is 5. The molecular formula is C19H19N5O5. The first-order valence-electron chi connectivity index (χ1n) is 8.94. The molecule has 29 heavy (non-hydrogen) atoms. The quantitative estimate of drug-likeness (QED) is 0.482. The monoisotopic (exact) mass is 397 g/mol. The molecule has 0 fully saturated rings. The van der Waals surface area contributed by atoms with Gasteiger partial charge >= 0.3 is 5.69 Å². The van der Waals surface area contributed by atoms with Crippen LogP contribution < -0.4 is 16.5 Å². The second kappa shape index (κ2) is 8.38. The van der Waals surface area contributed by atoms with Gasteiger partial charge in [-0.15, -0.1) is 0 Å². The number of amides is 2. The van der Waals surface area contributed by atoms with E-state index >= 15 is 0 Å². The number of aryl methyl sites for hydroxylation is 2. The third-order valence-electron chi connectivity index (χ3n) is 4.44. The maximum Gasteiger partial charge on any atom is 0.329 e. The number of fused-ring (bicyclic) bond motifs is 1. The number of para-hydroxylation sites is 2. The molecular weight excluding hydrogens is 378 g/mol. The molecule has 1 heterocycles. The summed E-state index contributed by atoms with van der Waals surface area (Å²) in [6.45, 7) is 2.52. The van der Waals surface area contributed by atoms with Gasteiger partial charge in [-0.25, -0.2) is 4.79 Å². The van der Waals surface area contributed by atoms with Crippen molar-refractivity contribution in [1.29, 1.82) is 0 Å². The molecule has 0 saturated carbocycles. The van der Waals surface area contributed by atoms with Crippen molar-refractivity contribution in [3.8, 4) is 0 Å². The fourth-order valence-corrected chi connectivity index (χ4v) is 3.03. The van der Waals surface area contributed by atoms with Crippen molar-refractivity contribution in [2.45, 2.75) is 26.4 Å². The van der Waals surface area contributed by atoms with Gasteiger partial charge in [0, 0.05) is 37.2 Å². The zero-order valence-corrected chi connectivity index (χ0v) is 15.6. The Balaban J connectivity index is 1.63. The SMILES string of the molecule is CCn1c(=O)n(CCC(=O)NNC(=O)c2cccc([N+](=O)[O-])c2)c2ccccc21. The van der Waals surface area contributed by atoms with Crippen molar-refractivity contribution in [2.24, 2.45) is 0 Å². The van der Waals surface area contributed by atoms with E-state index in [4.69, 9.17) is 0 Å². The van der Waals surface area contributed by atoms with Crippen molar-refractivity contribution in [3.05, 3.63) is 74.7 Å². The van der Waals surface area contributed by atoms with Gasteiger partial charge in [0.25, 0.3) is 11.6 Å². The highest BCUT2D eigenvalue weighted by Gasteiger charge is 2.14. The van der Waals surface area contributed by atoms with Gasteiger partial charge in [-0.2, -0.15) is 0 Å². The van der Waals surface area contributed by atoms with E-state index in [1.807, 2.05) is 31.2 Å². The van der Waals surface area contributed by atoms with Gasteiger partial charge in [-0.3, -0.25) is 39.7 Å². The van der Waals surface area contributed by atoms with Gasteiger partial charge in [0.15, 0.2) is 0 Å². The van der Waals surface area contributed by atoms with Gasteiger partial charge in [0.05, 0.1) is 16.0 Å². The summed E-state index contributed by atoms with van der Waals surface area (Å²) in [7, 11) is 0. The average molecular weight is 397 g/mol. The van der Waals surface area contributed by atoms with Crippen molar-refractivity contribution in [3.63, 3.8) is 0 Å². The number of carbonyl (C=O) groups is 2. The minimum atomic E-state index is -0.679. The molecule has 2 N–H and O–H groups in total. The first-order valence-corrected chi connectivity index (χ1v) is 8.94. The molecule has 150 valence electrons. The number of hydrogen-bond donors (Lipinski definition) is 2. The number of rotatable bonds is 6. The highest BCUT2D eigenvalue weighted by Crippen LogP contribution is 2.14. The fourth-order valence-electron chi connectivity index (χ4n) is 3.03. The molecule has 3 aromatic rings. The summed E-state index contributed by atoms with van der Waals surface area (Å²) in [6.07, 6.45) is -0.0349. The largest absolute Gasteiger partial charge is 0.329 e. The molecule has 0 unspecified atom stereocenters. The summed E-state index contributed by atoms with van der Waals surface area (Å²) in [6, 6.07) is 12.5. The van der Waals surface area contributed by atoms with Gasteiger partial charge in [-0.1, -0.05) is 18.2 Å². The molecule has 3 rings (SSSR count). The van der Waals surface area contributed by atoms with Crippen LogP contribution in [0.25, 0.3) is 11.0 Å². The maximum absolute atomic E-state index is 12.5. The van der Waals surface area contributed by atoms with Crippen molar-refractivity contribution in [2.75, 3.05) is 0 Å². The molecule has 0 atom stereocenters. The van der Waals surface area contributed by atoms with Crippen molar-refractivity contribution in [1.82, 2.24) is 20.0 Å². The first-order chi connectivity index (χ1) is 13.9. The molecule has 0 saturated heterocycles. The lowest BCUT2D eigenvalue weighted by Crippen LogP contribution is -2.42. The lowest BCUT2D eigenvalue weighted by molar-refractivity contribution is -0.384. The lowest BCUT2D eigenvalue weighted by Gasteiger charge is -2.08. The zero-order chi connectivity index (χ0) is 21.0. The third-order valence-corrected chi connectivity index (χ3v) is 4.44. The molecule has 2 amide bonds. The van der Waals surface area contributed by atoms with E-state index in [0.29, 0.717) is 6.54 Å². The van der Waals surface area contributed by atoms with Gasteiger partial charge in [0.2, 0.25) is 5.91 Å². The zero-order valence-electron chi connectivity index (χ0n) is 15.6. The second-order valence-electron chi connectivity index (χ2n) is 6.23. The van der Waals surface area contributed by atoms with E-state index in [9.17, 15) is 24.5 Å². The van der Waals surface area contributed by atoms with Crippen LogP contribution in [0.5, 0.6) is 0 Å². The Labute approximate surface area is 164 Å². The van der Waals surface area contributed by atoms with E-state index in [1.54, 1.807) is 4.57 Å². The molecule has 10 heteroatoms. The molecule has 0 aliphatic carbocycles. The average Bonchev–Trinajstić information content (AvgIpc) is 3.01. The second-order valence-corrected chi connectivity index (χ2v) is 6.23. The summed E-state index contributed by atoms with van der Waals surface area (Å²) in [5.74, 6) is -1.18. The molecule has 0 aliphatic heterocycles. The number of imidazole rings is 1. The molecule has 1 aromatic heterocycles. The van der Waals surface area contributed by atoms with E-state index in [1.165, 1.54) is 22.8 Å². The number of aromatic nitrogens is 2. The number of hydrazine groups is 1. The highest BCUT2D eigenvalue weighted by atomic mass is 16.6. The van der Waals surface area contributed by atoms with Crippen LogP contribution in [0.15, 0.2) is 53.3 Å². The summed E-state index contributed by atoms with van der Waals surface area (Å²) < 4.78 is 3.14. The minimum absolute atomic E-state index is 0.0349. The predicted molar refractivity (Wildman–Crippen MR) is 105 cm³/mol. The minimum Gasteiger partial charge on any atom is -0.292 e. The van der Waals surface area contributed by atoms with Crippen LogP contribution in [0.4, 0.5) is 5.69 Å². The summed E-state index contributed by atoms with van der Waals surface area (Å²) in [5, 5.41) is 10.8. The van der Waals surface area contributed by atoms with Crippen LogP contribution in [0.2, 0.25) is 0 Å². The molecule has 0 aliphatic rings. The molecule has 2 aromatic carbocycles. The van der Waals surface area contributed by atoms with Crippen LogP contribution in [0.1, 0.15) is 23.7 Å². The van der Waals surface area contributed by atoms with Gasteiger partial charge < -0.3 is 0 Å². The summed E-state index contributed by atoms with van der Waals surface area (Å²) >= 11 is 0. The maximum atomic E-state index is 12.5. The Morgan fingerprint density at radius 2 is 1.72 bits per heavy atom. The number of nitrogens with one attached hydrogen (secondary N) is 2. The highest BCUT2D eigenvalue weighted by molar-refractivity contribution is 5.95. The number of nitro benzene ring substituents is 1. The molecule has 10 nitrogen and oxygen atoms in total. The van der Waals surface area contributed by atoms with E-state index in [2.05, 4.69) is 10.9 Å². The van der Waals surface area contributed by atoms with Crippen LogP contribution in [-0.2, 0) is 17.9 Å². The topological polar surface area (TPSA) is 128 Å². The standard InChI is InChI=1S/C19H19N5O5/c1-2-22-15-8-3-4-9-16(15)23(19(22)27)11-10-17(25)20-21-18(26)13-6-5-7-14(12-13)24(28)29/h3-9,12H,2,10-11H2,1H3,(H,20,25)(H,21,26). The normalized spacial score (nSPS) is 10.7. The van der Waals surface area contributed by atoms with Crippen LogP contribution >= 0.6 is 0 Å². The van der Waals surface area contributed by atoms with Crippen molar-refractivity contribution >= 4 is 28.5 Å². The first kappa shape index (κ1) is 19.8. The Hall–Kier alpha value is -3.95. The number of nitrogens with zero attached hydrogens (tertiary/aromatic N) is 3. The van der Waals surface area contributed by atoms with E-state index < -0.39 is 16.7 Å². The van der Waals surface area contributed by atoms with Crippen LogP contribution in [-0.4, -0.2) is 25.9 Å². The van der Waals surface area contributed by atoms with Gasteiger partial charge in [-0.05, 0) is 25.1 Å². The van der Waals surface area contributed by atoms with Crippen molar-refractivity contribution < 1.29 is 14.5 Å². The molecule has 0 bridgehead atoms. The Morgan fingerprint density at radius 3 is 2.38 bits per heavy atom. The summed E-state index contributed by atoms with van der Waals surface area (Å²) in [5.41, 5.74) is 5.60. The van der Waals surface area contributed by atoms with E-state index in [0.717, 1.165) is 17.1 Å². The Bertz CT molecular complexity index is 1150. The lowest BCUT2D eigenvalue weighted by atomic mass is 10.2. The number of nitro groups is 1. The number of carbonyl (C=O) groups excluding carboxylic acids is 2. The number of non-ortho nitro benzene ring substituents is 1. The summed E-state index contributed by atoms with van der Waals surface area (Å²) in [4.78, 5) is 46.9. The number of benzene rings is 2. The Morgan fingerprint density at radius 1 is 1.03 bits per heavy atom. The van der Waals surface area contributed by atoms with Gasteiger partial charge in [0.1, 0.15) is 0 Å². The third kappa shape index (κ3) is 4.15. The fraction of sp³-hybridized carbons (Fsp3) is 0.211. The Kier molecular flexibility index (Phi) is 5.72. The predicted octanol–water partition coefficient (Wildman–Crippen LogP) is 1.58. The molecule has 0 radical (unpaired) electrons. The van der Waals surface area contributed by atoms with E-state index in [-0.39, 0.29) is 29.9 Å².